The summed E-state index contributed by atoms with van der Waals surface area (Å²) in [5.74, 6) is -1.82. The van der Waals surface area contributed by atoms with Crippen molar-refractivity contribution in [2.75, 3.05) is 11.9 Å². The molecule has 2 amide bonds. The van der Waals surface area contributed by atoms with Crippen LogP contribution in [-0.4, -0.2) is 54.5 Å². The highest BCUT2D eigenvalue weighted by atomic mass is 35.5. The first-order valence-electron chi connectivity index (χ1n) is 12.1. The molecule has 39 heavy (non-hydrogen) atoms. The number of hydrogen-bond donors (Lipinski definition) is 2. The van der Waals surface area contributed by atoms with Crippen molar-refractivity contribution in [3.8, 4) is 5.69 Å². The predicted molar refractivity (Wildman–Crippen MR) is 145 cm³/mol. The molecule has 2 heterocycles. The molecule has 196 valence electrons. The lowest BCUT2D eigenvalue weighted by Gasteiger charge is -2.36. The van der Waals surface area contributed by atoms with E-state index in [0.717, 1.165) is 16.7 Å². The second-order valence-corrected chi connectivity index (χ2v) is 9.49. The molecule has 1 aromatic heterocycles. The third-order valence-corrected chi connectivity index (χ3v) is 6.68. The van der Waals surface area contributed by atoms with Gasteiger partial charge < -0.3 is 15.3 Å². The summed E-state index contributed by atoms with van der Waals surface area (Å²) in [4.78, 5) is 39.8. The second kappa shape index (κ2) is 10.9. The van der Waals surface area contributed by atoms with Gasteiger partial charge >= 0.3 is 5.97 Å². The van der Waals surface area contributed by atoms with Gasteiger partial charge in [-0.25, -0.2) is 4.79 Å². The highest BCUT2D eigenvalue weighted by molar-refractivity contribution is 6.30. The number of carbonyl (C=O) groups excluding carboxylic acids is 2. The van der Waals surface area contributed by atoms with Gasteiger partial charge in [-0.15, -0.1) is 5.10 Å². The van der Waals surface area contributed by atoms with E-state index in [0.29, 0.717) is 34.9 Å². The minimum atomic E-state index is -1.06. The average Bonchev–Trinajstić information content (AvgIpc) is 3.46. The number of nitrogens with zero attached hydrogens (tertiary/aromatic N) is 5. The van der Waals surface area contributed by atoms with Crippen LogP contribution in [0.3, 0.4) is 0 Å². The summed E-state index contributed by atoms with van der Waals surface area (Å²) in [5.41, 5.74) is 4.59. The van der Waals surface area contributed by atoms with Crippen LogP contribution in [-0.2, 0) is 16.0 Å². The van der Waals surface area contributed by atoms with Crippen LogP contribution in [0.5, 0.6) is 0 Å². The van der Waals surface area contributed by atoms with Gasteiger partial charge in [0.25, 0.3) is 5.91 Å². The van der Waals surface area contributed by atoms with E-state index in [4.69, 9.17) is 16.7 Å². The monoisotopic (exact) mass is 542 g/mol. The molecular formula is C28H23ClN6O4. The van der Waals surface area contributed by atoms with Crippen molar-refractivity contribution < 1.29 is 19.5 Å². The Balaban J connectivity index is 1.45. The van der Waals surface area contributed by atoms with Crippen molar-refractivity contribution in [2.24, 2.45) is 0 Å². The van der Waals surface area contributed by atoms with Crippen molar-refractivity contribution in [1.82, 2.24) is 25.1 Å². The van der Waals surface area contributed by atoms with E-state index in [9.17, 15) is 14.4 Å². The predicted octanol–water partition coefficient (Wildman–Crippen LogP) is 4.10. The molecule has 0 saturated carbocycles. The number of hydrogen-bond acceptors (Lipinski definition) is 6. The lowest BCUT2D eigenvalue weighted by Crippen LogP contribution is -2.44. The van der Waals surface area contributed by atoms with Crippen LogP contribution < -0.4 is 5.32 Å². The molecule has 4 aromatic rings. The van der Waals surface area contributed by atoms with Crippen LogP contribution in [0.15, 0.2) is 73.1 Å². The third kappa shape index (κ3) is 5.55. The molecular weight excluding hydrogens is 520 g/mol. The Morgan fingerprint density at radius 2 is 1.87 bits per heavy atom. The summed E-state index contributed by atoms with van der Waals surface area (Å²) < 4.78 is 1.46. The minimum Gasteiger partial charge on any atom is -0.478 e. The van der Waals surface area contributed by atoms with E-state index in [1.807, 2.05) is 25.1 Å². The van der Waals surface area contributed by atoms with Crippen molar-refractivity contribution >= 4 is 41.1 Å². The largest absolute Gasteiger partial charge is 0.478 e. The van der Waals surface area contributed by atoms with E-state index in [1.54, 1.807) is 24.3 Å². The maximum absolute atomic E-state index is 13.6. The van der Waals surface area contributed by atoms with Crippen LogP contribution in [0.25, 0.3) is 11.8 Å². The molecule has 10 nitrogen and oxygen atoms in total. The van der Waals surface area contributed by atoms with Crippen LogP contribution >= 0.6 is 11.6 Å². The molecule has 0 saturated heterocycles. The van der Waals surface area contributed by atoms with Gasteiger partial charge in [-0.2, -0.15) is 4.68 Å². The van der Waals surface area contributed by atoms with Gasteiger partial charge in [0.05, 0.1) is 11.3 Å². The number of fused-ring (bicyclic) bond motifs is 1. The van der Waals surface area contributed by atoms with Crippen molar-refractivity contribution in [3.63, 3.8) is 0 Å². The molecule has 0 bridgehead atoms. The number of anilines is 1. The fourth-order valence-electron chi connectivity index (χ4n) is 4.58. The summed E-state index contributed by atoms with van der Waals surface area (Å²) in [7, 11) is 0. The van der Waals surface area contributed by atoms with Crippen LogP contribution in [0.2, 0.25) is 5.02 Å². The smallest absolute Gasteiger partial charge is 0.335 e. The number of carboxylic acids is 1. The van der Waals surface area contributed by atoms with Crippen molar-refractivity contribution in [1.29, 1.82) is 0 Å². The molecule has 2 N–H and O–H groups in total. The Kier molecular flexibility index (Phi) is 7.20. The Bertz CT molecular complexity index is 1580. The first kappa shape index (κ1) is 25.8. The zero-order valence-corrected chi connectivity index (χ0v) is 21.5. The number of aromatic carboxylic acids is 1. The summed E-state index contributed by atoms with van der Waals surface area (Å²) >= 11 is 6.20. The SMILES string of the molecule is Cc1ccc2c(c1)CCN(C(=O)C=Cc1cc(Cl)ccc1-n1cnnn1)C2C(=O)Nc1ccc(C(=O)O)cc1. The molecule has 1 unspecified atom stereocenters. The first-order valence-corrected chi connectivity index (χ1v) is 12.4. The number of aromatic nitrogens is 4. The summed E-state index contributed by atoms with van der Waals surface area (Å²) in [6.07, 6.45) is 5.06. The van der Waals surface area contributed by atoms with E-state index >= 15 is 0 Å². The Morgan fingerprint density at radius 3 is 2.59 bits per heavy atom. The van der Waals surface area contributed by atoms with E-state index < -0.39 is 17.9 Å². The summed E-state index contributed by atoms with van der Waals surface area (Å²) in [6, 6.07) is 15.9. The Morgan fingerprint density at radius 1 is 1.08 bits per heavy atom. The zero-order chi connectivity index (χ0) is 27.5. The zero-order valence-electron chi connectivity index (χ0n) is 20.8. The van der Waals surface area contributed by atoms with Gasteiger partial charge in [-0.05, 0) is 83.4 Å². The molecule has 1 aliphatic rings. The molecule has 5 rings (SSSR count). The van der Waals surface area contributed by atoms with Gasteiger partial charge in [0.1, 0.15) is 12.4 Å². The molecule has 1 atom stereocenters. The number of rotatable bonds is 6. The number of carboxylic acid groups (broad SMARTS) is 1. The minimum absolute atomic E-state index is 0.107. The lowest BCUT2D eigenvalue weighted by atomic mass is 9.90. The summed E-state index contributed by atoms with van der Waals surface area (Å²) in [5, 5.41) is 23.7. The number of amides is 2. The lowest BCUT2D eigenvalue weighted by molar-refractivity contribution is -0.135. The Labute approximate surface area is 228 Å². The van der Waals surface area contributed by atoms with Crippen molar-refractivity contribution in [2.45, 2.75) is 19.4 Å². The average molecular weight is 543 g/mol. The van der Waals surface area contributed by atoms with Gasteiger partial charge in [0.15, 0.2) is 0 Å². The molecule has 3 aromatic carbocycles. The van der Waals surface area contributed by atoms with E-state index in [2.05, 4.69) is 20.8 Å². The highest BCUT2D eigenvalue weighted by Crippen LogP contribution is 2.32. The van der Waals surface area contributed by atoms with E-state index in [-0.39, 0.29) is 11.5 Å². The summed E-state index contributed by atoms with van der Waals surface area (Å²) in [6.45, 7) is 2.32. The number of carbonyl (C=O) groups is 3. The third-order valence-electron chi connectivity index (χ3n) is 6.45. The first-order chi connectivity index (χ1) is 18.8. The maximum Gasteiger partial charge on any atom is 0.335 e. The highest BCUT2D eigenvalue weighted by Gasteiger charge is 2.35. The normalized spacial score (nSPS) is 14.7. The number of aryl methyl sites for hydroxylation is 1. The Hall–Kier alpha value is -4.83. The molecule has 0 radical (unpaired) electrons. The number of nitrogens with one attached hydrogen (secondary N) is 1. The maximum atomic E-state index is 13.6. The number of benzene rings is 3. The fourth-order valence-corrected chi connectivity index (χ4v) is 4.76. The van der Waals surface area contributed by atoms with Crippen LogP contribution in [0.1, 0.15) is 38.7 Å². The van der Waals surface area contributed by atoms with Crippen LogP contribution in [0, 0.1) is 6.92 Å². The van der Waals surface area contributed by atoms with E-state index in [1.165, 1.54) is 46.3 Å². The van der Waals surface area contributed by atoms with Gasteiger partial charge in [-0.3, -0.25) is 9.59 Å². The van der Waals surface area contributed by atoms with Gasteiger partial charge in [0.2, 0.25) is 5.91 Å². The molecule has 1 aliphatic heterocycles. The fraction of sp³-hybridized carbons (Fsp3) is 0.143. The van der Waals surface area contributed by atoms with Crippen LogP contribution in [0.4, 0.5) is 5.69 Å². The van der Waals surface area contributed by atoms with Crippen molar-refractivity contribution in [3.05, 3.63) is 106 Å². The second-order valence-electron chi connectivity index (χ2n) is 9.05. The number of halogens is 1. The quantitative estimate of drug-likeness (QED) is 0.351. The molecule has 0 fully saturated rings. The standard InChI is InChI=1S/C28H23ClN6O4/c1-17-2-9-23-19(14-17)12-13-34(26(23)27(37)31-22-7-3-18(4-8-22)28(38)39)25(36)11-5-20-15-21(29)6-10-24(20)35-16-30-32-33-35/h2-11,14-16,26H,12-13H2,1H3,(H,31,37)(H,38,39). The van der Waals surface area contributed by atoms with Gasteiger partial charge in [-0.1, -0.05) is 35.4 Å². The van der Waals surface area contributed by atoms with Gasteiger partial charge in [0, 0.05) is 28.9 Å². The molecule has 0 spiro atoms. The molecule has 0 aliphatic carbocycles. The number of tetrazole rings is 1. The topological polar surface area (TPSA) is 130 Å². The molecule has 11 heteroatoms.